The SMILES string of the molecule is CC(C)(C)C[C@H]1N[C@@H](C(=O)CC2CC(C)(O)C2)[C@H](c2cccc(Cl)c2)[C@@]12C(=O)Nc1cc(Cl)ccc12.O=C(O)C(F)(F)F. The molecule has 2 aliphatic heterocycles. The van der Waals surface area contributed by atoms with Gasteiger partial charge in [0.05, 0.1) is 11.6 Å². The molecule has 0 radical (unpaired) electrons. The van der Waals surface area contributed by atoms with E-state index in [1.165, 1.54) is 0 Å². The first kappa shape index (κ1) is 33.2. The number of alkyl halides is 3. The van der Waals surface area contributed by atoms with E-state index in [1.54, 1.807) is 6.07 Å². The highest BCUT2D eigenvalue weighted by molar-refractivity contribution is 6.31. The van der Waals surface area contributed by atoms with Gasteiger partial charge in [-0.1, -0.05) is 62.2 Å². The van der Waals surface area contributed by atoms with Gasteiger partial charge in [0.2, 0.25) is 5.91 Å². The van der Waals surface area contributed by atoms with Gasteiger partial charge in [0.15, 0.2) is 5.78 Å². The fourth-order valence-corrected chi connectivity index (χ4v) is 7.28. The van der Waals surface area contributed by atoms with Crippen LogP contribution in [0.2, 0.25) is 10.0 Å². The number of Topliss-reactive ketones (excluding diaryl/α,β-unsaturated/α-hetero) is 1. The number of amides is 1. The average Bonchev–Trinajstić information content (AvgIpc) is 3.31. The quantitative estimate of drug-likeness (QED) is 0.296. The minimum atomic E-state index is -5.08. The number of carbonyl (C=O) groups is 3. The van der Waals surface area contributed by atoms with Gasteiger partial charge in [-0.15, -0.1) is 0 Å². The molecule has 7 nitrogen and oxygen atoms in total. The maximum Gasteiger partial charge on any atom is 0.490 e. The predicted molar refractivity (Wildman–Crippen MR) is 157 cm³/mol. The van der Waals surface area contributed by atoms with Gasteiger partial charge in [-0.05, 0) is 72.9 Å². The summed E-state index contributed by atoms with van der Waals surface area (Å²) in [6.45, 7) is 8.27. The molecule has 1 aliphatic carbocycles. The predicted octanol–water partition coefficient (Wildman–Crippen LogP) is 6.50. The molecule has 5 rings (SSSR count). The van der Waals surface area contributed by atoms with Crippen molar-refractivity contribution in [1.82, 2.24) is 5.32 Å². The Morgan fingerprint density at radius 1 is 1.05 bits per heavy atom. The van der Waals surface area contributed by atoms with Crippen molar-refractivity contribution in [2.24, 2.45) is 11.3 Å². The number of carboxylic acid groups (broad SMARTS) is 1. The second kappa shape index (κ2) is 11.7. The van der Waals surface area contributed by atoms with Crippen LogP contribution in [-0.2, 0) is 19.8 Å². The number of benzene rings is 2. The van der Waals surface area contributed by atoms with Gasteiger partial charge in [-0.25, -0.2) is 4.79 Å². The number of aliphatic carboxylic acids is 1. The fraction of sp³-hybridized carbons (Fsp3) is 0.516. The monoisotopic (exact) mass is 642 g/mol. The van der Waals surface area contributed by atoms with Crippen LogP contribution < -0.4 is 10.6 Å². The highest BCUT2D eigenvalue weighted by atomic mass is 35.5. The van der Waals surface area contributed by atoms with Crippen LogP contribution in [0.5, 0.6) is 0 Å². The summed E-state index contributed by atoms with van der Waals surface area (Å²) >= 11 is 12.7. The zero-order chi connectivity index (χ0) is 32.1. The molecule has 0 unspecified atom stereocenters. The number of aliphatic hydroxyl groups is 1. The van der Waals surface area contributed by atoms with E-state index in [0.29, 0.717) is 41.4 Å². The van der Waals surface area contributed by atoms with Crippen LogP contribution in [-0.4, -0.2) is 51.7 Å². The molecular weight excluding hydrogens is 608 g/mol. The Morgan fingerprint density at radius 3 is 2.19 bits per heavy atom. The van der Waals surface area contributed by atoms with Crippen LogP contribution in [0.15, 0.2) is 42.5 Å². The summed E-state index contributed by atoms with van der Waals surface area (Å²) in [5.41, 5.74) is 0.643. The van der Waals surface area contributed by atoms with Gasteiger partial charge < -0.3 is 20.8 Å². The van der Waals surface area contributed by atoms with E-state index in [9.17, 15) is 27.9 Å². The molecule has 1 amide bonds. The Labute approximate surface area is 258 Å². The lowest BCUT2D eigenvalue weighted by molar-refractivity contribution is -0.192. The third kappa shape index (κ3) is 6.87. The summed E-state index contributed by atoms with van der Waals surface area (Å²) in [6, 6.07) is 12.2. The summed E-state index contributed by atoms with van der Waals surface area (Å²) in [4.78, 5) is 36.9. The fourth-order valence-electron chi connectivity index (χ4n) is 6.91. The van der Waals surface area contributed by atoms with Gasteiger partial charge >= 0.3 is 12.1 Å². The van der Waals surface area contributed by atoms with Gasteiger partial charge in [0.1, 0.15) is 5.41 Å². The van der Waals surface area contributed by atoms with Crippen LogP contribution in [0.4, 0.5) is 18.9 Å². The smallest absolute Gasteiger partial charge is 0.475 e. The molecule has 2 aromatic carbocycles. The number of carbonyl (C=O) groups excluding carboxylic acids is 2. The van der Waals surface area contributed by atoms with E-state index in [1.807, 2.05) is 43.3 Å². The molecule has 2 aromatic rings. The Balaban J connectivity index is 0.000000541. The Hall–Kier alpha value is -2.66. The second-order valence-electron chi connectivity index (χ2n) is 13.3. The molecular formula is C31H35Cl2F3N2O5. The first-order valence-electron chi connectivity index (χ1n) is 13.9. The molecule has 0 aromatic heterocycles. The molecule has 2 fully saturated rings. The van der Waals surface area contributed by atoms with E-state index in [0.717, 1.165) is 11.1 Å². The lowest BCUT2D eigenvalue weighted by Gasteiger charge is -2.41. The number of nitrogens with one attached hydrogen (secondary N) is 2. The van der Waals surface area contributed by atoms with Crippen molar-refractivity contribution in [2.75, 3.05) is 5.32 Å². The van der Waals surface area contributed by atoms with Crippen molar-refractivity contribution in [2.45, 2.75) is 88.6 Å². The highest BCUT2D eigenvalue weighted by Gasteiger charge is 2.65. The molecule has 43 heavy (non-hydrogen) atoms. The standard InChI is InChI=1S/C29H34Cl2N2O3.C2HF3O2/c1-27(2,3)15-23-29(20-9-8-19(31)12-21(20)32-26(29)35)24(17-6-5-7-18(30)11-17)25(33-23)22(34)10-16-13-28(4,36)14-16;3-2(4,5)1(6)7/h5-9,11-12,16,23-25,33,36H,10,13-15H2,1-4H3,(H,32,35);(H,6,7)/t16?,23-,24+,25+,28?,29+;/m1./s1. The van der Waals surface area contributed by atoms with E-state index >= 15 is 0 Å². The highest BCUT2D eigenvalue weighted by Crippen LogP contribution is 2.57. The summed E-state index contributed by atoms with van der Waals surface area (Å²) in [6.07, 6.45) is -2.78. The molecule has 4 N–H and O–H groups in total. The third-order valence-electron chi connectivity index (χ3n) is 8.37. The number of hydrogen-bond acceptors (Lipinski definition) is 5. The van der Waals surface area contributed by atoms with E-state index < -0.39 is 35.1 Å². The minimum absolute atomic E-state index is 0.0754. The molecule has 234 valence electrons. The number of hydrogen-bond donors (Lipinski definition) is 4. The molecule has 3 aliphatic rings. The number of halogens is 5. The number of carboxylic acids is 1. The molecule has 1 saturated carbocycles. The molecule has 0 bridgehead atoms. The van der Waals surface area contributed by atoms with Crippen molar-refractivity contribution in [1.29, 1.82) is 0 Å². The van der Waals surface area contributed by atoms with E-state index in [4.69, 9.17) is 33.1 Å². The lowest BCUT2D eigenvalue weighted by Crippen LogP contribution is -2.49. The van der Waals surface area contributed by atoms with Gasteiger partial charge in [-0.3, -0.25) is 9.59 Å². The zero-order valence-corrected chi connectivity index (χ0v) is 25.7. The zero-order valence-electron chi connectivity index (χ0n) is 24.2. The summed E-state index contributed by atoms with van der Waals surface area (Å²) in [5, 5.41) is 25.2. The van der Waals surface area contributed by atoms with Crippen LogP contribution in [0.3, 0.4) is 0 Å². The van der Waals surface area contributed by atoms with Gasteiger partial charge in [-0.2, -0.15) is 13.2 Å². The summed E-state index contributed by atoms with van der Waals surface area (Å²) < 4.78 is 31.7. The van der Waals surface area contributed by atoms with Crippen molar-refractivity contribution in [3.8, 4) is 0 Å². The van der Waals surface area contributed by atoms with Crippen molar-refractivity contribution in [3.63, 3.8) is 0 Å². The molecule has 2 heterocycles. The first-order valence-corrected chi connectivity index (χ1v) is 14.7. The van der Waals surface area contributed by atoms with Gasteiger partial charge in [0, 0.05) is 34.1 Å². The Kier molecular flexibility index (Phi) is 9.03. The molecule has 1 spiro atoms. The number of fused-ring (bicyclic) bond motifs is 2. The number of ketones is 1. The average molecular weight is 644 g/mol. The van der Waals surface area contributed by atoms with Crippen molar-refractivity contribution < 1.29 is 37.8 Å². The van der Waals surface area contributed by atoms with Gasteiger partial charge in [0.25, 0.3) is 0 Å². The topological polar surface area (TPSA) is 116 Å². The van der Waals surface area contributed by atoms with Crippen LogP contribution in [0.25, 0.3) is 0 Å². The maximum atomic E-state index is 14.1. The minimum Gasteiger partial charge on any atom is -0.475 e. The Bertz CT molecular complexity index is 1420. The molecule has 4 atom stereocenters. The molecule has 12 heteroatoms. The lowest BCUT2D eigenvalue weighted by atomic mass is 9.61. The Morgan fingerprint density at radius 2 is 1.65 bits per heavy atom. The van der Waals surface area contributed by atoms with Crippen LogP contribution in [0, 0.1) is 11.3 Å². The number of rotatable bonds is 5. The summed E-state index contributed by atoms with van der Waals surface area (Å²) in [5.74, 6) is -3.10. The van der Waals surface area contributed by atoms with Crippen molar-refractivity contribution >= 4 is 46.5 Å². The van der Waals surface area contributed by atoms with E-state index in [2.05, 4.69) is 31.4 Å². The summed E-state index contributed by atoms with van der Waals surface area (Å²) in [7, 11) is 0. The maximum absolute atomic E-state index is 14.1. The van der Waals surface area contributed by atoms with E-state index in [-0.39, 0.29) is 29.1 Å². The largest absolute Gasteiger partial charge is 0.490 e. The first-order chi connectivity index (χ1) is 19.7. The van der Waals surface area contributed by atoms with Crippen LogP contribution >= 0.6 is 23.2 Å². The van der Waals surface area contributed by atoms with Crippen molar-refractivity contribution in [3.05, 3.63) is 63.6 Å². The number of anilines is 1. The second-order valence-corrected chi connectivity index (χ2v) is 14.1. The van der Waals surface area contributed by atoms with Crippen LogP contribution in [0.1, 0.15) is 70.4 Å². The molecule has 1 saturated heterocycles. The third-order valence-corrected chi connectivity index (χ3v) is 8.84. The normalized spacial score (nSPS) is 29.8.